The van der Waals surface area contributed by atoms with Gasteiger partial charge in [-0.2, -0.15) is 5.10 Å². The molecule has 0 amide bonds. The summed E-state index contributed by atoms with van der Waals surface area (Å²) in [5.41, 5.74) is 6.54. The van der Waals surface area contributed by atoms with Gasteiger partial charge in [-0.1, -0.05) is 0 Å². The second-order valence-corrected chi connectivity index (χ2v) is 6.16. The Labute approximate surface area is 111 Å². The lowest BCUT2D eigenvalue weighted by Crippen LogP contribution is -2.11. The van der Waals surface area contributed by atoms with Gasteiger partial charge >= 0.3 is 0 Å². The molecular formula is C11H17N5O2S. The van der Waals surface area contributed by atoms with Crippen molar-refractivity contribution in [2.45, 2.75) is 31.3 Å². The number of nitrogens with two attached hydrogens (primary N) is 1. The molecule has 0 aliphatic carbocycles. The summed E-state index contributed by atoms with van der Waals surface area (Å²) in [6.07, 6.45) is 4.55. The minimum Gasteiger partial charge on any atom is -0.363 e. The fraction of sp³-hybridized carbons (Fsp3) is 0.364. The number of nitrogens with zero attached hydrogens (tertiary/aromatic N) is 2. The standard InChI is InChI=1S/C11H17N5O2S/c1-8(2)16-7-10(5-14-16)15-19(17,18)11-3-9(4-12)13-6-11/h3,5-8,13,15H,4,12H2,1-2H3. The van der Waals surface area contributed by atoms with Crippen LogP contribution in [0.1, 0.15) is 25.6 Å². The van der Waals surface area contributed by atoms with Gasteiger partial charge in [0.1, 0.15) is 4.90 Å². The van der Waals surface area contributed by atoms with Gasteiger partial charge < -0.3 is 10.7 Å². The Hall–Kier alpha value is -1.80. The molecule has 0 aliphatic heterocycles. The molecule has 7 nitrogen and oxygen atoms in total. The molecule has 4 N–H and O–H groups in total. The van der Waals surface area contributed by atoms with E-state index in [9.17, 15) is 8.42 Å². The first-order valence-corrected chi connectivity index (χ1v) is 7.35. The van der Waals surface area contributed by atoms with Crippen molar-refractivity contribution in [2.75, 3.05) is 4.72 Å². The Balaban J connectivity index is 2.20. The Kier molecular flexibility index (Phi) is 3.63. The monoisotopic (exact) mass is 283 g/mol. The number of H-pyrrole nitrogens is 1. The van der Waals surface area contributed by atoms with Crippen LogP contribution in [-0.2, 0) is 16.6 Å². The first-order valence-electron chi connectivity index (χ1n) is 5.86. The fourth-order valence-corrected chi connectivity index (χ4v) is 2.62. The van der Waals surface area contributed by atoms with E-state index in [-0.39, 0.29) is 17.5 Å². The minimum atomic E-state index is -3.61. The van der Waals surface area contributed by atoms with E-state index < -0.39 is 10.0 Å². The highest BCUT2D eigenvalue weighted by atomic mass is 32.2. The Morgan fingerprint density at radius 2 is 2.26 bits per heavy atom. The number of hydrogen-bond acceptors (Lipinski definition) is 4. The number of hydrogen-bond donors (Lipinski definition) is 3. The average molecular weight is 283 g/mol. The van der Waals surface area contributed by atoms with E-state index in [1.807, 2.05) is 13.8 Å². The van der Waals surface area contributed by atoms with Crippen molar-refractivity contribution < 1.29 is 8.42 Å². The van der Waals surface area contributed by atoms with E-state index in [1.165, 1.54) is 18.5 Å². The van der Waals surface area contributed by atoms with Gasteiger partial charge in [0.05, 0.1) is 11.9 Å². The number of nitrogens with one attached hydrogen (secondary N) is 2. The number of sulfonamides is 1. The van der Waals surface area contributed by atoms with Crippen molar-refractivity contribution in [1.82, 2.24) is 14.8 Å². The maximum absolute atomic E-state index is 12.1. The van der Waals surface area contributed by atoms with Gasteiger partial charge in [0.15, 0.2) is 0 Å². The zero-order chi connectivity index (χ0) is 14.0. The van der Waals surface area contributed by atoms with Gasteiger partial charge in [0.2, 0.25) is 0 Å². The summed E-state index contributed by atoms with van der Waals surface area (Å²) < 4.78 is 28.4. The zero-order valence-corrected chi connectivity index (χ0v) is 11.6. The molecule has 2 rings (SSSR count). The van der Waals surface area contributed by atoms with Crippen molar-refractivity contribution in [1.29, 1.82) is 0 Å². The van der Waals surface area contributed by atoms with Gasteiger partial charge in [-0.05, 0) is 19.9 Å². The summed E-state index contributed by atoms with van der Waals surface area (Å²) >= 11 is 0. The Morgan fingerprint density at radius 3 is 2.79 bits per heavy atom. The van der Waals surface area contributed by atoms with E-state index >= 15 is 0 Å². The molecule has 0 radical (unpaired) electrons. The van der Waals surface area contributed by atoms with Gasteiger partial charge in [-0.15, -0.1) is 0 Å². The summed E-state index contributed by atoms with van der Waals surface area (Å²) in [5.74, 6) is 0. The molecule has 0 atom stereocenters. The van der Waals surface area contributed by atoms with Crippen LogP contribution in [0.15, 0.2) is 29.6 Å². The second kappa shape index (κ2) is 5.06. The Bertz CT molecular complexity index is 656. The fourth-order valence-electron chi connectivity index (χ4n) is 1.58. The molecule has 0 saturated heterocycles. The largest absolute Gasteiger partial charge is 0.363 e. The highest BCUT2D eigenvalue weighted by molar-refractivity contribution is 7.92. The first-order chi connectivity index (χ1) is 8.92. The zero-order valence-electron chi connectivity index (χ0n) is 10.8. The number of anilines is 1. The summed E-state index contributed by atoms with van der Waals surface area (Å²) in [6.45, 7) is 4.19. The van der Waals surface area contributed by atoms with Crippen LogP contribution >= 0.6 is 0 Å². The normalized spacial score (nSPS) is 12.0. The van der Waals surface area contributed by atoms with Crippen LogP contribution in [0.5, 0.6) is 0 Å². The first kappa shape index (κ1) is 13.6. The van der Waals surface area contributed by atoms with E-state index in [4.69, 9.17) is 5.73 Å². The molecule has 0 saturated carbocycles. The van der Waals surface area contributed by atoms with Crippen molar-refractivity contribution in [3.8, 4) is 0 Å². The van der Waals surface area contributed by atoms with E-state index in [1.54, 1.807) is 10.9 Å². The predicted octanol–water partition coefficient (Wildman–Crippen LogP) is 1.05. The molecular weight excluding hydrogens is 266 g/mol. The summed E-state index contributed by atoms with van der Waals surface area (Å²) in [6, 6.07) is 1.68. The maximum Gasteiger partial charge on any atom is 0.263 e. The third kappa shape index (κ3) is 2.96. The second-order valence-electron chi connectivity index (χ2n) is 4.47. The maximum atomic E-state index is 12.1. The molecule has 0 unspecified atom stereocenters. The van der Waals surface area contributed by atoms with E-state index in [0.29, 0.717) is 11.4 Å². The SMILES string of the molecule is CC(C)n1cc(NS(=O)(=O)c2c[nH]c(CN)c2)cn1. The van der Waals surface area contributed by atoms with Gasteiger partial charge in [-0.25, -0.2) is 8.42 Å². The quantitative estimate of drug-likeness (QED) is 0.762. The van der Waals surface area contributed by atoms with Crippen molar-refractivity contribution in [2.24, 2.45) is 5.73 Å². The van der Waals surface area contributed by atoms with Gasteiger partial charge in [-0.3, -0.25) is 9.40 Å². The molecule has 0 aromatic carbocycles. The lowest BCUT2D eigenvalue weighted by molar-refractivity contribution is 0.532. The molecule has 19 heavy (non-hydrogen) atoms. The Morgan fingerprint density at radius 1 is 1.53 bits per heavy atom. The summed E-state index contributed by atoms with van der Waals surface area (Å²) in [7, 11) is -3.61. The average Bonchev–Trinajstić information content (AvgIpc) is 2.96. The molecule has 0 bridgehead atoms. The highest BCUT2D eigenvalue weighted by Crippen LogP contribution is 2.17. The van der Waals surface area contributed by atoms with Crippen LogP contribution in [0.3, 0.4) is 0 Å². The predicted molar refractivity (Wildman–Crippen MR) is 72.1 cm³/mol. The van der Waals surface area contributed by atoms with Crippen LogP contribution < -0.4 is 10.5 Å². The molecule has 2 heterocycles. The third-order valence-corrected chi connectivity index (χ3v) is 3.99. The van der Waals surface area contributed by atoms with Crippen LogP contribution in [0.2, 0.25) is 0 Å². The molecule has 8 heteroatoms. The molecule has 2 aromatic rings. The lowest BCUT2D eigenvalue weighted by atomic mass is 10.4. The van der Waals surface area contributed by atoms with Crippen LogP contribution in [-0.4, -0.2) is 23.2 Å². The number of aromatic amines is 1. The van der Waals surface area contributed by atoms with Crippen LogP contribution in [0.25, 0.3) is 0 Å². The molecule has 0 aliphatic rings. The number of rotatable bonds is 5. The van der Waals surface area contributed by atoms with Crippen LogP contribution in [0, 0.1) is 0 Å². The smallest absolute Gasteiger partial charge is 0.263 e. The van der Waals surface area contributed by atoms with Crippen LogP contribution in [0.4, 0.5) is 5.69 Å². The third-order valence-electron chi connectivity index (χ3n) is 2.63. The molecule has 2 aromatic heterocycles. The van der Waals surface area contributed by atoms with Crippen molar-refractivity contribution >= 4 is 15.7 Å². The van der Waals surface area contributed by atoms with Crippen molar-refractivity contribution in [3.63, 3.8) is 0 Å². The number of aromatic nitrogens is 3. The summed E-state index contributed by atoms with van der Waals surface area (Å²) in [5, 5.41) is 4.08. The topological polar surface area (TPSA) is 106 Å². The van der Waals surface area contributed by atoms with E-state index in [2.05, 4.69) is 14.8 Å². The lowest BCUT2D eigenvalue weighted by Gasteiger charge is -2.04. The summed E-state index contributed by atoms with van der Waals surface area (Å²) in [4.78, 5) is 2.96. The molecule has 104 valence electrons. The highest BCUT2D eigenvalue weighted by Gasteiger charge is 2.17. The molecule has 0 fully saturated rings. The van der Waals surface area contributed by atoms with Crippen molar-refractivity contribution in [3.05, 3.63) is 30.4 Å². The molecule has 0 spiro atoms. The van der Waals surface area contributed by atoms with E-state index in [0.717, 1.165) is 0 Å². The van der Waals surface area contributed by atoms with Gasteiger partial charge in [0, 0.05) is 30.7 Å². The van der Waals surface area contributed by atoms with Gasteiger partial charge in [0.25, 0.3) is 10.0 Å². The minimum absolute atomic E-state index is 0.158.